The van der Waals surface area contributed by atoms with E-state index in [1.807, 2.05) is 0 Å². The average Bonchev–Trinajstić information content (AvgIpc) is 2.33. The van der Waals surface area contributed by atoms with E-state index in [-0.39, 0.29) is 11.7 Å². The first kappa shape index (κ1) is 15.5. The van der Waals surface area contributed by atoms with Crippen LogP contribution in [0.4, 0.5) is 13.2 Å². The van der Waals surface area contributed by atoms with Crippen molar-refractivity contribution in [1.82, 2.24) is 0 Å². The van der Waals surface area contributed by atoms with Crippen molar-refractivity contribution in [2.45, 2.75) is 38.8 Å². The van der Waals surface area contributed by atoms with Crippen LogP contribution >= 0.6 is 0 Å². The summed E-state index contributed by atoms with van der Waals surface area (Å²) < 4.78 is 43.1. The minimum atomic E-state index is -4.37. The highest BCUT2D eigenvalue weighted by atomic mass is 19.4. The van der Waals surface area contributed by atoms with Gasteiger partial charge in [-0.25, -0.2) is 0 Å². The maximum atomic E-state index is 12.7. The van der Waals surface area contributed by atoms with Gasteiger partial charge in [0.05, 0.1) is 12.7 Å². The van der Waals surface area contributed by atoms with Gasteiger partial charge in [-0.15, -0.1) is 0 Å². The van der Waals surface area contributed by atoms with Crippen LogP contribution in [-0.4, -0.2) is 12.9 Å². The van der Waals surface area contributed by atoms with E-state index in [9.17, 15) is 18.0 Å². The fourth-order valence-corrected chi connectivity index (χ4v) is 1.87. The van der Waals surface area contributed by atoms with Gasteiger partial charge in [0.15, 0.2) is 0 Å². The summed E-state index contributed by atoms with van der Waals surface area (Å²) in [5.74, 6) is 0.281. The van der Waals surface area contributed by atoms with Crippen LogP contribution in [0.1, 0.15) is 43.7 Å². The molecular formula is C14H17F3O2. The van der Waals surface area contributed by atoms with Gasteiger partial charge in [-0.1, -0.05) is 6.92 Å². The molecule has 0 fully saturated rings. The van der Waals surface area contributed by atoms with Gasteiger partial charge in [-0.2, -0.15) is 13.2 Å². The van der Waals surface area contributed by atoms with Gasteiger partial charge in [-0.3, -0.25) is 0 Å². The van der Waals surface area contributed by atoms with E-state index in [1.54, 1.807) is 6.92 Å². The van der Waals surface area contributed by atoms with E-state index in [0.29, 0.717) is 24.2 Å². The average molecular weight is 274 g/mol. The molecule has 1 atom stereocenters. The molecule has 0 N–H and O–H groups in total. The van der Waals surface area contributed by atoms with Crippen LogP contribution in [0.3, 0.4) is 0 Å². The van der Waals surface area contributed by atoms with Crippen LogP contribution in [-0.2, 0) is 11.0 Å². The van der Waals surface area contributed by atoms with Gasteiger partial charge in [0, 0.05) is 6.42 Å². The molecule has 19 heavy (non-hydrogen) atoms. The van der Waals surface area contributed by atoms with E-state index in [2.05, 4.69) is 0 Å². The smallest absolute Gasteiger partial charge is 0.416 e. The lowest BCUT2D eigenvalue weighted by molar-refractivity contribution is -0.137. The third-order valence-corrected chi connectivity index (χ3v) is 3.02. The summed E-state index contributed by atoms with van der Waals surface area (Å²) in [5, 5.41) is 0. The molecule has 1 aromatic carbocycles. The zero-order chi connectivity index (χ0) is 14.6. The summed E-state index contributed by atoms with van der Waals surface area (Å²) in [5.41, 5.74) is -0.212. The molecule has 0 aliphatic heterocycles. The van der Waals surface area contributed by atoms with Crippen molar-refractivity contribution in [3.63, 3.8) is 0 Å². The fourth-order valence-electron chi connectivity index (χ4n) is 1.87. The van der Waals surface area contributed by atoms with Crippen LogP contribution < -0.4 is 4.74 Å². The Balaban J connectivity index is 3.05. The zero-order valence-electron chi connectivity index (χ0n) is 11.2. The lowest BCUT2D eigenvalue weighted by Gasteiger charge is -2.17. The summed E-state index contributed by atoms with van der Waals surface area (Å²) in [6, 6.07) is 3.42. The number of halogens is 3. The summed E-state index contributed by atoms with van der Waals surface area (Å²) >= 11 is 0. The van der Waals surface area contributed by atoms with Crippen molar-refractivity contribution in [2.24, 2.45) is 0 Å². The highest BCUT2D eigenvalue weighted by Gasteiger charge is 2.31. The number of carbonyl (C=O) groups excluding carboxylic acids is 1. The second-order valence-electron chi connectivity index (χ2n) is 4.60. The molecular weight excluding hydrogens is 257 g/mol. The number of hydrogen-bond acceptors (Lipinski definition) is 2. The molecule has 1 unspecified atom stereocenters. The predicted octanol–water partition coefficient (Wildman–Crippen LogP) is 4.19. The van der Waals surface area contributed by atoms with Crippen molar-refractivity contribution in [1.29, 1.82) is 0 Å². The molecule has 1 rings (SSSR count). The second kappa shape index (κ2) is 6.08. The number of ether oxygens (including phenoxy) is 1. The predicted molar refractivity (Wildman–Crippen MR) is 66.3 cm³/mol. The van der Waals surface area contributed by atoms with Crippen LogP contribution in [0.2, 0.25) is 0 Å². The second-order valence-corrected chi connectivity index (χ2v) is 4.60. The molecule has 0 aliphatic rings. The van der Waals surface area contributed by atoms with Crippen molar-refractivity contribution >= 4 is 5.78 Å². The number of hydrogen-bond donors (Lipinski definition) is 0. The van der Waals surface area contributed by atoms with Gasteiger partial charge < -0.3 is 9.53 Å². The highest BCUT2D eigenvalue weighted by Crippen LogP contribution is 2.36. The number of carbonyl (C=O) groups is 1. The molecule has 2 nitrogen and oxygen atoms in total. The SMILES string of the molecule is COc1ccc(C(F)(F)F)cc1C(C)CCC(C)=O. The molecule has 0 amide bonds. The largest absolute Gasteiger partial charge is 0.496 e. The van der Waals surface area contributed by atoms with Crippen molar-refractivity contribution in [3.8, 4) is 5.75 Å². The molecule has 0 aromatic heterocycles. The molecule has 1 aromatic rings. The van der Waals surface area contributed by atoms with Gasteiger partial charge >= 0.3 is 6.18 Å². The Kier molecular flexibility index (Phi) is 4.97. The first-order valence-corrected chi connectivity index (χ1v) is 6.00. The standard InChI is InChI=1S/C14H17F3O2/c1-9(4-5-10(2)18)12-8-11(14(15,16)17)6-7-13(12)19-3/h6-9H,4-5H2,1-3H3. The van der Waals surface area contributed by atoms with Gasteiger partial charge in [-0.05, 0) is 43.0 Å². The van der Waals surface area contributed by atoms with Crippen LogP contribution in [0, 0.1) is 0 Å². The van der Waals surface area contributed by atoms with Gasteiger partial charge in [0.25, 0.3) is 0 Å². The topological polar surface area (TPSA) is 26.3 Å². The van der Waals surface area contributed by atoms with E-state index < -0.39 is 11.7 Å². The molecule has 0 saturated heterocycles. The molecule has 0 spiro atoms. The summed E-state index contributed by atoms with van der Waals surface area (Å²) in [7, 11) is 1.42. The number of benzene rings is 1. The maximum Gasteiger partial charge on any atom is 0.416 e. The van der Waals surface area contributed by atoms with E-state index >= 15 is 0 Å². The van der Waals surface area contributed by atoms with Crippen LogP contribution in [0.25, 0.3) is 0 Å². The summed E-state index contributed by atoms with van der Waals surface area (Å²) in [6.45, 7) is 3.26. The summed E-state index contributed by atoms with van der Waals surface area (Å²) in [4.78, 5) is 10.9. The number of rotatable bonds is 5. The molecule has 0 radical (unpaired) electrons. The molecule has 0 aliphatic carbocycles. The Morgan fingerprint density at radius 3 is 2.47 bits per heavy atom. The fraction of sp³-hybridized carbons (Fsp3) is 0.500. The Morgan fingerprint density at radius 1 is 1.37 bits per heavy atom. The van der Waals surface area contributed by atoms with Gasteiger partial charge in [0.1, 0.15) is 11.5 Å². The molecule has 0 heterocycles. The minimum Gasteiger partial charge on any atom is -0.496 e. The van der Waals surface area contributed by atoms with Crippen LogP contribution in [0.15, 0.2) is 18.2 Å². The van der Waals surface area contributed by atoms with E-state index in [0.717, 1.165) is 12.1 Å². The zero-order valence-corrected chi connectivity index (χ0v) is 11.2. The molecule has 5 heteroatoms. The molecule has 0 saturated carbocycles. The van der Waals surface area contributed by atoms with Crippen molar-refractivity contribution in [2.75, 3.05) is 7.11 Å². The normalized spacial score (nSPS) is 13.2. The van der Waals surface area contributed by atoms with Crippen LogP contribution in [0.5, 0.6) is 5.75 Å². The Morgan fingerprint density at radius 2 is 2.00 bits per heavy atom. The Labute approximate surface area is 110 Å². The first-order chi connectivity index (χ1) is 8.75. The minimum absolute atomic E-state index is 0.0257. The van der Waals surface area contributed by atoms with E-state index in [4.69, 9.17) is 4.74 Å². The third-order valence-electron chi connectivity index (χ3n) is 3.02. The Bertz CT molecular complexity index is 452. The van der Waals surface area contributed by atoms with Gasteiger partial charge in [0.2, 0.25) is 0 Å². The maximum absolute atomic E-state index is 12.7. The highest BCUT2D eigenvalue weighted by molar-refractivity contribution is 5.75. The lowest BCUT2D eigenvalue weighted by Crippen LogP contribution is -2.08. The third kappa shape index (κ3) is 4.26. The quantitative estimate of drug-likeness (QED) is 0.804. The number of alkyl halides is 3. The Hall–Kier alpha value is -1.52. The molecule has 106 valence electrons. The number of Topliss-reactive ketones (excluding diaryl/α,β-unsaturated/α-hetero) is 1. The van der Waals surface area contributed by atoms with Crippen molar-refractivity contribution < 1.29 is 22.7 Å². The van der Waals surface area contributed by atoms with Crippen molar-refractivity contribution in [3.05, 3.63) is 29.3 Å². The number of ketones is 1. The monoisotopic (exact) mass is 274 g/mol. The number of methoxy groups -OCH3 is 1. The first-order valence-electron chi connectivity index (χ1n) is 6.00. The summed E-state index contributed by atoms with van der Waals surface area (Å²) in [6.07, 6.45) is -3.52. The lowest BCUT2D eigenvalue weighted by atomic mass is 9.93. The molecule has 0 bridgehead atoms. The van der Waals surface area contributed by atoms with E-state index in [1.165, 1.54) is 20.1 Å².